The van der Waals surface area contributed by atoms with E-state index in [4.69, 9.17) is 4.74 Å². The van der Waals surface area contributed by atoms with Crippen LogP contribution in [0.3, 0.4) is 0 Å². The summed E-state index contributed by atoms with van der Waals surface area (Å²) in [6.07, 6.45) is 9.94. The number of hydrogen-bond acceptors (Lipinski definition) is 2. The summed E-state index contributed by atoms with van der Waals surface area (Å²) in [6, 6.07) is 15.5. The third kappa shape index (κ3) is 6.27. The average Bonchev–Trinajstić information content (AvgIpc) is 2.60. The normalized spacial score (nSPS) is 10.5. The molecule has 0 aliphatic carbocycles. The molecule has 0 bridgehead atoms. The Bertz CT molecular complexity index is 570. The highest BCUT2D eigenvalue weighted by molar-refractivity contribution is 5.74. The third-order valence-electron chi connectivity index (χ3n) is 3.99. The number of hydrogen-bond donors (Lipinski definition) is 0. The highest BCUT2D eigenvalue weighted by atomic mass is 16.5. The van der Waals surface area contributed by atoms with Gasteiger partial charge in [0.25, 0.3) is 0 Å². The molecule has 0 aliphatic rings. The van der Waals surface area contributed by atoms with Gasteiger partial charge in [0.05, 0.1) is 0 Å². The first-order valence-corrected chi connectivity index (χ1v) is 8.64. The minimum atomic E-state index is 0.659. The molecule has 0 unspecified atom stereocenters. The molecule has 0 heterocycles. The second-order valence-corrected chi connectivity index (χ2v) is 5.95. The molecule has 0 radical (unpaired) electrons. The van der Waals surface area contributed by atoms with Crippen LogP contribution in [0.2, 0.25) is 0 Å². The fourth-order valence-electron chi connectivity index (χ4n) is 2.58. The quantitative estimate of drug-likeness (QED) is 0.386. The van der Waals surface area contributed by atoms with E-state index in [1.54, 1.807) is 12.1 Å². The number of rotatable bonds is 10. The second kappa shape index (κ2) is 9.83. The molecule has 0 aliphatic heterocycles. The molecule has 0 fully saturated rings. The van der Waals surface area contributed by atoms with Gasteiger partial charge >= 0.3 is 0 Å². The van der Waals surface area contributed by atoms with Gasteiger partial charge < -0.3 is 4.74 Å². The molecule has 0 N–H and O–H groups in total. The van der Waals surface area contributed by atoms with Gasteiger partial charge in [-0.15, -0.1) is 0 Å². The van der Waals surface area contributed by atoms with Crippen molar-refractivity contribution in [1.29, 1.82) is 0 Å². The van der Waals surface area contributed by atoms with Crippen LogP contribution < -0.4 is 4.74 Å². The maximum Gasteiger partial charge on any atom is 0.150 e. The van der Waals surface area contributed by atoms with Gasteiger partial charge in [-0.3, -0.25) is 4.79 Å². The first-order chi connectivity index (χ1) is 11.3. The maximum absolute atomic E-state index is 10.6. The van der Waals surface area contributed by atoms with E-state index >= 15 is 0 Å². The van der Waals surface area contributed by atoms with Crippen LogP contribution in [-0.2, 0) is 6.42 Å². The molecular formula is C21H26O2. The fraction of sp³-hybridized carbons (Fsp3) is 0.381. The summed E-state index contributed by atoms with van der Waals surface area (Å²) in [4.78, 5) is 10.6. The van der Waals surface area contributed by atoms with Crippen LogP contribution in [0.15, 0.2) is 48.5 Å². The number of benzene rings is 2. The van der Waals surface area contributed by atoms with Crippen LogP contribution in [0.5, 0.6) is 11.5 Å². The number of carbonyl (C=O) groups is 1. The fourth-order valence-corrected chi connectivity index (χ4v) is 2.58. The van der Waals surface area contributed by atoms with Gasteiger partial charge in [-0.1, -0.05) is 51.2 Å². The zero-order chi connectivity index (χ0) is 16.3. The van der Waals surface area contributed by atoms with Gasteiger partial charge in [-0.05, 0) is 54.8 Å². The molecule has 0 saturated heterocycles. The van der Waals surface area contributed by atoms with Gasteiger partial charge in [0.2, 0.25) is 0 Å². The minimum Gasteiger partial charge on any atom is -0.457 e. The molecule has 0 amide bonds. The summed E-state index contributed by atoms with van der Waals surface area (Å²) < 4.78 is 5.79. The molecule has 23 heavy (non-hydrogen) atoms. The molecule has 2 nitrogen and oxygen atoms in total. The van der Waals surface area contributed by atoms with Crippen LogP contribution >= 0.6 is 0 Å². The Balaban J connectivity index is 1.76. The Kier molecular flexibility index (Phi) is 7.38. The minimum absolute atomic E-state index is 0.659. The van der Waals surface area contributed by atoms with E-state index in [1.165, 1.54) is 44.1 Å². The summed E-state index contributed by atoms with van der Waals surface area (Å²) in [6.45, 7) is 2.25. The predicted molar refractivity (Wildman–Crippen MR) is 95.4 cm³/mol. The van der Waals surface area contributed by atoms with Crippen molar-refractivity contribution in [2.45, 2.75) is 51.9 Å². The van der Waals surface area contributed by atoms with Crippen molar-refractivity contribution in [2.24, 2.45) is 0 Å². The maximum atomic E-state index is 10.6. The van der Waals surface area contributed by atoms with Crippen molar-refractivity contribution in [2.75, 3.05) is 0 Å². The van der Waals surface area contributed by atoms with Crippen LogP contribution in [0, 0.1) is 0 Å². The largest absolute Gasteiger partial charge is 0.457 e. The van der Waals surface area contributed by atoms with Crippen LogP contribution in [0.25, 0.3) is 0 Å². The van der Waals surface area contributed by atoms with Crippen molar-refractivity contribution in [1.82, 2.24) is 0 Å². The summed E-state index contributed by atoms with van der Waals surface area (Å²) >= 11 is 0. The zero-order valence-corrected chi connectivity index (χ0v) is 14.0. The molecule has 0 saturated carbocycles. The molecular weight excluding hydrogens is 284 g/mol. The number of ether oxygens (including phenoxy) is 1. The van der Waals surface area contributed by atoms with Crippen molar-refractivity contribution < 1.29 is 9.53 Å². The Morgan fingerprint density at radius 1 is 0.783 bits per heavy atom. The lowest BCUT2D eigenvalue weighted by atomic mass is 10.0. The van der Waals surface area contributed by atoms with E-state index in [1.807, 2.05) is 24.3 Å². The summed E-state index contributed by atoms with van der Waals surface area (Å²) in [5.41, 5.74) is 2.02. The molecule has 0 spiro atoms. The van der Waals surface area contributed by atoms with E-state index < -0.39 is 0 Å². The van der Waals surface area contributed by atoms with Crippen molar-refractivity contribution >= 4 is 6.29 Å². The predicted octanol–water partition coefficient (Wildman–Crippen LogP) is 6.19. The Morgan fingerprint density at radius 3 is 1.96 bits per heavy atom. The van der Waals surface area contributed by atoms with Crippen molar-refractivity contribution in [3.63, 3.8) is 0 Å². The molecule has 0 atom stereocenters. The zero-order valence-electron chi connectivity index (χ0n) is 14.0. The highest BCUT2D eigenvalue weighted by Gasteiger charge is 1.99. The second-order valence-electron chi connectivity index (χ2n) is 5.95. The summed E-state index contributed by atoms with van der Waals surface area (Å²) in [5, 5.41) is 0. The van der Waals surface area contributed by atoms with E-state index in [9.17, 15) is 4.79 Å². The lowest BCUT2D eigenvalue weighted by molar-refractivity contribution is 0.112. The number of aldehydes is 1. The smallest absolute Gasteiger partial charge is 0.150 e. The first kappa shape index (κ1) is 17.3. The van der Waals surface area contributed by atoms with E-state index in [-0.39, 0.29) is 0 Å². The van der Waals surface area contributed by atoms with E-state index in [0.29, 0.717) is 5.56 Å². The van der Waals surface area contributed by atoms with Gasteiger partial charge in [-0.25, -0.2) is 0 Å². The lowest BCUT2D eigenvalue weighted by Crippen LogP contribution is -1.88. The Labute approximate surface area is 139 Å². The number of unbranched alkanes of at least 4 members (excludes halogenated alkanes) is 5. The van der Waals surface area contributed by atoms with Gasteiger partial charge in [-0.2, -0.15) is 0 Å². The van der Waals surface area contributed by atoms with Gasteiger partial charge in [0.1, 0.15) is 17.8 Å². The highest BCUT2D eigenvalue weighted by Crippen LogP contribution is 2.22. The standard InChI is InChI=1S/C21H26O2/c1-2-3-4-5-6-7-8-18-9-13-20(14-10-18)23-21-15-11-19(17-22)12-16-21/h9-17H,2-8H2,1H3. The topological polar surface area (TPSA) is 26.3 Å². The molecule has 2 rings (SSSR count). The average molecular weight is 310 g/mol. The van der Waals surface area contributed by atoms with Crippen LogP contribution in [0.4, 0.5) is 0 Å². The molecule has 2 aromatic carbocycles. The van der Waals surface area contributed by atoms with E-state index in [0.717, 1.165) is 24.2 Å². The molecule has 2 heteroatoms. The Morgan fingerprint density at radius 2 is 1.35 bits per heavy atom. The molecule has 122 valence electrons. The van der Waals surface area contributed by atoms with E-state index in [2.05, 4.69) is 19.1 Å². The van der Waals surface area contributed by atoms with Crippen LogP contribution in [-0.4, -0.2) is 6.29 Å². The lowest BCUT2D eigenvalue weighted by Gasteiger charge is -2.07. The summed E-state index contributed by atoms with van der Waals surface area (Å²) in [7, 11) is 0. The van der Waals surface area contributed by atoms with Crippen molar-refractivity contribution in [3.05, 3.63) is 59.7 Å². The van der Waals surface area contributed by atoms with Gasteiger partial charge in [0.15, 0.2) is 0 Å². The van der Waals surface area contributed by atoms with Crippen LogP contribution in [0.1, 0.15) is 61.4 Å². The first-order valence-electron chi connectivity index (χ1n) is 8.64. The molecule has 0 aromatic heterocycles. The Hall–Kier alpha value is -2.09. The van der Waals surface area contributed by atoms with Crippen molar-refractivity contribution in [3.8, 4) is 11.5 Å². The SMILES string of the molecule is CCCCCCCCc1ccc(Oc2ccc(C=O)cc2)cc1. The number of carbonyl (C=O) groups excluding carboxylic acids is 1. The summed E-state index contributed by atoms with van der Waals surface area (Å²) in [5.74, 6) is 1.58. The monoisotopic (exact) mass is 310 g/mol. The number of aryl methyl sites for hydroxylation is 1. The van der Waals surface area contributed by atoms with Gasteiger partial charge in [0, 0.05) is 5.56 Å². The third-order valence-corrected chi connectivity index (χ3v) is 3.99. The molecule has 2 aromatic rings.